The monoisotopic (exact) mass is 556 g/mol. The van der Waals surface area contributed by atoms with E-state index in [4.69, 9.17) is 0 Å². The molecule has 1 aromatic heterocycles. The molecule has 0 unspecified atom stereocenters. The number of anilines is 2. The maximum atomic E-state index is 13.8. The van der Waals surface area contributed by atoms with Crippen LogP contribution in [-0.2, 0) is 11.3 Å². The molecule has 0 saturated carbocycles. The highest BCUT2D eigenvalue weighted by atomic mass is 19.1. The normalized spacial score (nSPS) is 15.1. The van der Waals surface area contributed by atoms with Crippen LogP contribution in [0.25, 0.3) is 10.9 Å². The summed E-state index contributed by atoms with van der Waals surface area (Å²) in [7, 11) is 4.00. The molecule has 3 aromatic carbocycles. The number of hydrogen-bond acceptors (Lipinski definition) is 4. The summed E-state index contributed by atoms with van der Waals surface area (Å²) in [6, 6.07) is 21.0. The van der Waals surface area contributed by atoms with Crippen LogP contribution in [0.1, 0.15) is 24.0 Å². The first-order valence-electron chi connectivity index (χ1n) is 13.9. The number of amides is 3. The first kappa shape index (κ1) is 28.2. The summed E-state index contributed by atoms with van der Waals surface area (Å²) in [5.41, 5.74) is 4.63. The summed E-state index contributed by atoms with van der Waals surface area (Å²) in [6.07, 6.45) is 1.92. The third kappa shape index (κ3) is 6.69. The average Bonchev–Trinajstić information content (AvgIpc) is 3.40. The van der Waals surface area contributed by atoms with Gasteiger partial charge in [0.1, 0.15) is 11.9 Å². The Morgan fingerprint density at radius 1 is 0.976 bits per heavy atom. The number of nitrogens with one attached hydrogen (secondary N) is 3. The second kappa shape index (κ2) is 12.4. The first-order chi connectivity index (χ1) is 19.8. The Hall–Kier alpha value is -4.37. The van der Waals surface area contributed by atoms with Crippen LogP contribution in [0.15, 0.2) is 79.0 Å². The first-order valence-corrected chi connectivity index (χ1v) is 13.9. The van der Waals surface area contributed by atoms with Crippen molar-refractivity contribution < 1.29 is 14.0 Å². The van der Waals surface area contributed by atoms with Crippen LogP contribution in [0.2, 0.25) is 0 Å². The van der Waals surface area contributed by atoms with Crippen molar-refractivity contribution in [3.63, 3.8) is 0 Å². The number of benzene rings is 3. The zero-order valence-electron chi connectivity index (χ0n) is 23.7. The molecular weight excluding hydrogens is 519 g/mol. The van der Waals surface area contributed by atoms with E-state index in [1.54, 1.807) is 17.0 Å². The zero-order chi connectivity index (χ0) is 28.9. The summed E-state index contributed by atoms with van der Waals surface area (Å²) >= 11 is 0. The molecule has 3 N–H and O–H groups in total. The molecule has 1 saturated heterocycles. The molecule has 0 aliphatic carbocycles. The van der Waals surface area contributed by atoms with Crippen LogP contribution in [0.5, 0.6) is 0 Å². The van der Waals surface area contributed by atoms with Crippen molar-refractivity contribution in [1.82, 2.24) is 20.1 Å². The van der Waals surface area contributed by atoms with Crippen LogP contribution in [0.4, 0.5) is 20.6 Å². The molecule has 0 radical (unpaired) electrons. The number of aromatic nitrogens is 1. The molecular formula is C32H37FN6O2. The summed E-state index contributed by atoms with van der Waals surface area (Å²) in [5.74, 6) is -0.853. The lowest BCUT2D eigenvalue weighted by molar-refractivity contribution is -0.118. The predicted octanol–water partition coefficient (Wildman–Crippen LogP) is 5.01. The number of H-pyrrole nitrogens is 1. The van der Waals surface area contributed by atoms with Gasteiger partial charge in [0.25, 0.3) is 0 Å². The van der Waals surface area contributed by atoms with Crippen molar-refractivity contribution in [1.29, 1.82) is 0 Å². The number of carbonyl (C=O) groups excluding carboxylic acids is 2. The summed E-state index contributed by atoms with van der Waals surface area (Å²) < 4.78 is 13.4. The van der Waals surface area contributed by atoms with Crippen molar-refractivity contribution in [3.05, 3.63) is 95.9 Å². The number of para-hydroxylation sites is 1. The Bertz CT molecular complexity index is 1490. The fraction of sp³-hybridized carbons (Fsp3) is 0.312. The van der Waals surface area contributed by atoms with Crippen molar-refractivity contribution >= 4 is 34.2 Å². The van der Waals surface area contributed by atoms with Gasteiger partial charge in [-0.2, -0.15) is 0 Å². The second-order valence-electron chi connectivity index (χ2n) is 10.9. The Labute approximate surface area is 240 Å². The number of carbonyl (C=O) groups is 2. The Morgan fingerprint density at radius 3 is 2.44 bits per heavy atom. The molecule has 1 aliphatic rings. The Kier molecular flexibility index (Phi) is 8.54. The maximum Gasteiger partial charge on any atom is 0.318 e. The van der Waals surface area contributed by atoms with Gasteiger partial charge in [-0.3, -0.25) is 4.79 Å². The van der Waals surface area contributed by atoms with Crippen LogP contribution in [-0.4, -0.2) is 73.0 Å². The number of rotatable bonds is 8. The molecule has 5 rings (SSSR count). The number of urea groups is 1. The van der Waals surface area contributed by atoms with Crippen molar-refractivity contribution in [2.75, 3.05) is 50.5 Å². The minimum atomic E-state index is -0.811. The molecule has 9 heteroatoms. The standard InChI is InChI=1S/C32H37FN6O2/c1-22(28-20-34-29-10-5-4-9-27(28)29)30(31(40)35-25-8-6-7-23(19-25)21-37(2)3)36-32(41)39-17-15-38(16-18-39)26-13-11-24(33)12-14-26/h4-14,19-20,22,30,34H,15-18,21H2,1-3H3,(H,35,40)(H,36,41)/t22-,30-/m1/s1. The third-order valence-electron chi connectivity index (χ3n) is 7.63. The van der Waals surface area contributed by atoms with Crippen molar-refractivity contribution in [2.45, 2.75) is 25.4 Å². The number of piperazine rings is 1. The zero-order valence-corrected chi connectivity index (χ0v) is 23.7. The van der Waals surface area contributed by atoms with E-state index < -0.39 is 6.04 Å². The van der Waals surface area contributed by atoms with Crippen LogP contribution in [0, 0.1) is 5.82 Å². The molecule has 0 spiro atoms. The maximum absolute atomic E-state index is 13.8. The number of fused-ring (bicyclic) bond motifs is 1. The van der Waals surface area contributed by atoms with E-state index in [1.165, 1.54) is 12.1 Å². The third-order valence-corrected chi connectivity index (χ3v) is 7.63. The number of halogens is 1. The smallest absolute Gasteiger partial charge is 0.318 e. The van der Waals surface area contributed by atoms with Gasteiger partial charge in [0, 0.05) is 67.1 Å². The summed E-state index contributed by atoms with van der Waals surface area (Å²) in [4.78, 5) is 36.5. The molecule has 214 valence electrons. The van der Waals surface area contributed by atoms with Gasteiger partial charge in [-0.1, -0.05) is 37.3 Å². The van der Waals surface area contributed by atoms with Gasteiger partial charge in [-0.25, -0.2) is 9.18 Å². The molecule has 3 amide bonds. The Morgan fingerprint density at radius 2 is 1.71 bits per heavy atom. The van der Waals surface area contributed by atoms with E-state index in [-0.39, 0.29) is 23.7 Å². The molecule has 2 atom stereocenters. The molecule has 1 aliphatic heterocycles. The predicted molar refractivity (Wildman–Crippen MR) is 162 cm³/mol. The van der Waals surface area contributed by atoms with Gasteiger partial charge in [0.15, 0.2) is 0 Å². The van der Waals surface area contributed by atoms with Crippen LogP contribution < -0.4 is 15.5 Å². The number of aromatic amines is 1. The van der Waals surface area contributed by atoms with E-state index in [1.807, 2.05) is 75.7 Å². The molecule has 8 nitrogen and oxygen atoms in total. The lowest BCUT2D eigenvalue weighted by atomic mass is 9.92. The highest BCUT2D eigenvalue weighted by molar-refractivity contribution is 5.98. The quantitative estimate of drug-likeness (QED) is 0.285. The molecule has 2 heterocycles. The van der Waals surface area contributed by atoms with Crippen LogP contribution >= 0.6 is 0 Å². The van der Waals surface area contributed by atoms with E-state index >= 15 is 0 Å². The second-order valence-corrected chi connectivity index (χ2v) is 10.9. The average molecular weight is 557 g/mol. The topological polar surface area (TPSA) is 83.7 Å². The Balaban J connectivity index is 1.33. The van der Waals surface area contributed by atoms with Gasteiger partial charge < -0.3 is 30.3 Å². The van der Waals surface area contributed by atoms with Crippen LogP contribution in [0.3, 0.4) is 0 Å². The lowest BCUT2D eigenvalue weighted by Crippen LogP contribution is -2.56. The minimum Gasteiger partial charge on any atom is -0.368 e. The van der Waals surface area contributed by atoms with E-state index in [9.17, 15) is 14.0 Å². The fourth-order valence-corrected chi connectivity index (χ4v) is 5.44. The summed E-state index contributed by atoms with van der Waals surface area (Å²) in [6.45, 7) is 4.94. The minimum absolute atomic E-state index is 0.273. The van der Waals surface area contributed by atoms with Crippen molar-refractivity contribution in [3.8, 4) is 0 Å². The van der Waals surface area contributed by atoms with Gasteiger partial charge in [-0.15, -0.1) is 0 Å². The van der Waals surface area contributed by atoms with Gasteiger partial charge in [0.05, 0.1) is 0 Å². The molecule has 1 fully saturated rings. The largest absolute Gasteiger partial charge is 0.368 e. The van der Waals surface area contributed by atoms with Gasteiger partial charge in [-0.05, 0) is 67.7 Å². The molecule has 0 bridgehead atoms. The highest BCUT2D eigenvalue weighted by Crippen LogP contribution is 2.29. The number of hydrogen-bond donors (Lipinski definition) is 3. The summed E-state index contributed by atoms with van der Waals surface area (Å²) in [5, 5.41) is 7.12. The fourth-order valence-electron chi connectivity index (χ4n) is 5.44. The van der Waals surface area contributed by atoms with E-state index in [2.05, 4.69) is 25.4 Å². The molecule has 4 aromatic rings. The highest BCUT2D eigenvalue weighted by Gasteiger charge is 2.32. The SMILES string of the molecule is C[C@H](c1c[nH]c2ccccc12)[C@@H](NC(=O)N1CCN(c2ccc(F)cc2)CC1)C(=O)Nc1cccc(CN(C)C)c1. The van der Waals surface area contributed by atoms with Gasteiger partial charge >= 0.3 is 6.03 Å². The van der Waals surface area contributed by atoms with E-state index in [0.29, 0.717) is 31.9 Å². The van der Waals surface area contributed by atoms with Gasteiger partial charge in [0.2, 0.25) is 5.91 Å². The lowest BCUT2D eigenvalue weighted by Gasteiger charge is -2.37. The van der Waals surface area contributed by atoms with Crippen molar-refractivity contribution in [2.24, 2.45) is 0 Å². The number of nitrogens with zero attached hydrogens (tertiary/aromatic N) is 3. The molecule has 41 heavy (non-hydrogen) atoms. The van der Waals surface area contributed by atoms with E-state index in [0.717, 1.165) is 34.3 Å².